The van der Waals surface area contributed by atoms with E-state index >= 15 is 0 Å². The lowest BCUT2D eigenvalue weighted by atomic mass is 9.99. The molecule has 0 unspecified atom stereocenters. The van der Waals surface area contributed by atoms with E-state index in [4.69, 9.17) is 24.4 Å². The molecule has 0 radical (unpaired) electrons. The van der Waals surface area contributed by atoms with E-state index in [1.54, 1.807) is 0 Å². The first-order chi connectivity index (χ1) is 22.3. The van der Waals surface area contributed by atoms with E-state index < -0.39 is 0 Å². The summed E-state index contributed by atoms with van der Waals surface area (Å²) in [6, 6.07) is 47.7. The average molecular weight is 577 g/mol. The van der Waals surface area contributed by atoms with Crippen LogP contribution in [0.25, 0.3) is 88.9 Å². The largest absolute Gasteiger partial charge is 0.438 e. The first-order valence-electron chi connectivity index (χ1n) is 14.9. The Morgan fingerprint density at radius 3 is 1.89 bits per heavy atom. The van der Waals surface area contributed by atoms with Crippen molar-refractivity contribution in [3.05, 3.63) is 146 Å². The summed E-state index contributed by atoms with van der Waals surface area (Å²) in [7, 11) is 0. The lowest BCUT2D eigenvalue weighted by Gasteiger charge is -2.11. The van der Waals surface area contributed by atoms with Crippen LogP contribution in [0.15, 0.2) is 150 Å². The molecule has 0 bridgehead atoms. The SMILES string of the molecule is c1ccc(-c2ccc3ccc(-c4nc(-c5ccccc5)nc(-c5cccc6c5cnc5oc7ccccc7c56)n4)cc3c2)cc1. The second kappa shape index (κ2) is 10.2. The molecule has 0 saturated carbocycles. The highest BCUT2D eigenvalue weighted by molar-refractivity contribution is 6.19. The molecule has 210 valence electrons. The van der Waals surface area contributed by atoms with Gasteiger partial charge in [0.2, 0.25) is 5.71 Å². The molecule has 6 aromatic carbocycles. The zero-order chi connectivity index (χ0) is 29.7. The summed E-state index contributed by atoms with van der Waals surface area (Å²) in [6.07, 6.45) is 1.86. The highest BCUT2D eigenvalue weighted by atomic mass is 16.3. The van der Waals surface area contributed by atoms with Crippen molar-refractivity contribution in [1.82, 2.24) is 19.9 Å². The van der Waals surface area contributed by atoms with Gasteiger partial charge in [0.05, 0.1) is 5.39 Å². The van der Waals surface area contributed by atoms with E-state index in [0.29, 0.717) is 23.2 Å². The fourth-order valence-corrected chi connectivity index (χ4v) is 6.16. The summed E-state index contributed by atoms with van der Waals surface area (Å²) < 4.78 is 6.08. The maximum atomic E-state index is 6.08. The van der Waals surface area contributed by atoms with E-state index in [-0.39, 0.29) is 0 Å². The minimum atomic E-state index is 0.594. The van der Waals surface area contributed by atoms with Crippen LogP contribution in [0.5, 0.6) is 0 Å². The van der Waals surface area contributed by atoms with Gasteiger partial charge in [-0.3, -0.25) is 0 Å². The summed E-state index contributed by atoms with van der Waals surface area (Å²) >= 11 is 0. The minimum Gasteiger partial charge on any atom is -0.438 e. The third-order valence-electron chi connectivity index (χ3n) is 8.38. The highest BCUT2D eigenvalue weighted by Crippen LogP contribution is 2.37. The molecule has 5 nitrogen and oxygen atoms in total. The standard InChI is InChI=1S/C40H24N4O/c1-3-10-25(11-4-1)28-20-18-26-19-21-29(23-30(26)22-28)38-42-37(27-12-5-2-6-13-27)43-39(44-38)32-16-9-15-31-34(32)24-41-40-36(31)33-14-7-8-17-35(33)45-40/h1-24H. The van der Waals surface area contributed by atoms with Crippen LogP contribution in [0.1, 0.15) is 0 Å². The quantitative estimate of drug-likeness (QED) is 0.209. The van der Waals surface area contributed by atoms with Crippen molar-refractivity contribution in [3.8, 4) is 45.3 Å². The third kappa shape index (κ3) is 4.33. The zero-order valence-corrected chi connectivity index (χ0v) is 24.1. The molecule has 0 saturated heterocycles. The number of benzene rings is 6. The average Bonchev–Trinajstić information content (AvgIpc) is 3.51. The Bertz CT molecular complexity index is 2540. The number of hydrogen-bond donors (Lipinski definition) is 0. The predicted molar refractivity (Wildman–Crippen MR) is 182 cm³/mol. The Hall–Kier alpha value is -6.20. The van der Waals surface area contributed by atoms with Crippen LogP contribution in [0.3, 0.4) is 0 Å². The molecule has 0 aliphatic heterocycles. The van der Waals surface area contributed by atoms with Gasteiger partial charge in [-0.1, -0.05) is 121 Å². The minimum absolute atomic E-state index is 0.594. The molecule has 0 amide bonds. The number of fused-ring (bicyclic) bond motifs is 6. The smallest absolute Gasteiger partial charge is 0.227 e. The van der Waals surface area contributed by atoms with Gasteiger partial charge in [-0.15, -0.1) is 0 Å². The molecule has 45 heavy (non-hydrogen) atoms. The highest BCUT2D eigenvalue weighted by Gasteiger charge is 2.18. The normalized spacial score (nSPS) is 11.6. The van der Waals surface area contributed by atoms with Gasteiger partial charge < -0.3 is 4.42 Å². The van der Waals surface area contributed by atoms with Gasteiger partial charge >= 0.3 is 0 Å². The Labute approximate surface area is 258 Å². The second-order valence-electron chi connectivity index (χ2n) is 11.1. The molecule has 5 heteroatoms. The molecular formula is C40H24N4O. The van der Waals surface area contributed by atoms with Crippen LogP contribution in [0.4, 0.5) is 0 Å². The van der Waals surface area contributed by atoms with Gasteiger partial charge in [0.15, 0.2) is 17.5 Å². The van der Waals surface area contributed by atoms with E-state index in [1.807, 2.05) is 66.9 Å². The number of aromatic nitrogens is 4. The van der Waals surface area contributed by atoms with Crippen LogP contribution in [-0.2, 0) is 0 Å². The molecule has 9 rings (SSSR count). The van der Waals surface area contributed by atoms with Crippen molar-refractivity contribution in [2.75, 3.05) is 0 Å². The summed E-state index contributed by atoms with van der Waals surface area (Å²) in [5, 5.41) is 6.32. The van der Waals surface area contributed by atoms with Crippen molar-refractivity contribution in [2.24, 2.45) is 0 Å². The molecule has 0 atom stereocenters. The number of para-hydroxylation sites is 1. The molecular weight excluding hydrogens is 552 g/mol. The van der Waals surface area contributed by atoms with E-state index in [2.05, 4.69) is 78.9 Å². The van der Waals surface area contributed by atoms with Gasteiger partial charge in [-0.25, -0.2) is 19.9 Å². The van der Waals surface area contributed by atoms with E-state index in [9.17, 15) is 0 Å². The fraction of sp³-hybridized carbons (Fsp3) is 0. The lowest BCUT2D eigenvalue weighted by molar-refractivity contribution is 0.654. The van der Waals surface area contributed by atoms with E-state index in [1.165, 1.54) is 11.1 Å². The maximum Gasteiger partial charge on any atom is 0.227 e. The number of pyridine rings is 1. The summed E-state index contributed by atoms with van der Waals surface area (Å²) in [5.74, 6) is 1.83. The monoisotopic (exact) mass is 576 g/mol. The second-order valence-corrected chi connectivity index (χ2v) is 11.1. The number of rotatable bonds is 4. The molecule has 3 heterocycles. The van der Waals surface area contributed by atoms with Crippen LogP contribution in [-0.4, -0.2) is 19.9 Å². The molecule has 0 aliphatic rings. The third-order valence-corrected chi connectivity index (χ3v) is 8.38. The van der Waals surface area contributed by atoms with Crippen molar-refractivity contribution in [2.45, 2.75) is 0 Å². The number of nitrogens with zero attached hydrogens (tertiary/aromatic N) is 4. The lowest BCUT2D eigenvalue weighted by Crippen LogP contribution is -2.00. The number of furan rings is 1. The van der Waals surface area contributed by atoms with Crippen LogP contribution in [0.2, 0.25) is 0 Å². The summed E-state index contributed by atoms with van der Waals surface area (Å²) in [4.78, 5) is 19.8. The van der Waals surface area contributed by atoms with Crippen molar-refractivity contribution < 1.29 is 4.42 Å². The zero-order valence-electron chi connectivity index (χ0n) is 24.1. The van der Waals surface area contributed by atoms with Crippen molar-refractivity contribution in [1.29, 1.82) is 0 Å². The summed E-state index contributed by atoms with van der Waals surface area (Å²) in [6.45, 7) is 0. The van der Waals surface area contributed by atoms with Crippen molar-refractivity contribution >= 4 is 43.6 Å². The number of hydrogen-bond acceptors (Lipinski definition) is 5. The molecule has 9 aromatic rings. The van der Waals surface area contributed by atoms with Crippen LogP contribution < -0.4 is 0 Å². The molecule has 0 aliphatic carbocycles. The Morgan fingerprint density at radius 2 is 1.07 bits per heavy atom. The van der Waals surface area contributed by atoms with Gasteiger partial charge in [0.25, 0.3) is 0 Å². The van der Waals surface area contributed by atoms with Crippen LogP contribution in [0, 0.1) is 0 Å². The Kier molecular flexibility index (Phi) is 5.74. The van der Waals surface area contributed by atoms with Gasteiger partial charge in [-0.2, -0.15) is 0 Å². The topological polar surface area (TPSA) is 64.7 Å². The van der Waals surface area contributed by atoms with Gasteiger partial charge in [-0.05, 0) is 45.5 Å². The summed E-state index contributed by atoms with van der Waals surface area (Å²) in [5.41, 5.74) is 6.53. The van der Waals surface area contributed by atoms with E-state index in [0.717, 1.165) is 54.6 Å². The van der Waals surface area contributed by atoms with Gasteiger partial charge in [0, 0.05) is 33.7 Å². The van der Waals surface area contributed by atoms with Crippen molar-refractivity contribution in [3.63, 3.8) is 0 Å². The Morgan fingerprint density at radius 1 is 0.422 bits per heavy atom. The molecule has 0 fully saturated rings. The molecule has 0 N–H and O–H groups in total. The molecule has 3 aromatic heterocycles. The van der Waals surface area contributed by atoms with Crippen LogP contribution >= 0.6 is 0 Å². The first-order valence-corrected chi connectivity index (χ1v) is 14.9. The molecule has 0 spiro atoms. The Balaban J connectivity index is 1.26. The van der Waals surface area contributed by atoms with Gasteiger partial charge in [0.1, 0.15) is 5.58 Å². The first kappa shape index (κ1) is 25.3. The maximum absolute atomic E-state index is 6.08. The predicted octanol–water partition coefficient (Wildman–Crippen LogP) is 10.1. The fourth-order valence-electron chi connectivity index (χ4n) is 6.16.